The third kappa shape index (κ3) is 2.13. The molecule has 102 valence electrons. The molecule has 0 bridgehead atoms. The molecule has 0 saturated carbocycles. The first-order chi connectivity index (χ1) is 9.58. The fourth-order valence-electron chi connectivity index (χ4n) is 2.33. The van der Waals surface area contributed by atoms with Crippen molar-refractivity contribution in [3.05, 3.63) is 58.1 Å². The van der Waals surface area contributed by atoms with Crippen LogP contribution in [0.2, 0.25) is 10.0 Å². The number of benzene rings is 2. The van der Waals surface area contributed by atoms with Crippen LogP contribution < -0.4 is 10.2 Å². The van der Waals surface area contributed by atoms with Crippen molar-refractivity contribution in [2.45, 2.75) is 6.04 Å². The standard InChI is InChI=1S/C15H12Cl2N2O/c1-19-13-8-11(17)10(16)7-12(13)18-14(15(19)20)9-5-3-2-4-6-9/h2-8,14,18H,1H3/t14-/m0/s1. The first kappa shape index (κ1) is 13.3. The minimum Gasteiger partial charge on any atom is -0.368 e. The minimum atomic E-state index is -0.411. The summed E-state index contributed by atoms with van der Waals surface area (Å²) in [7, 11) is 1.74. The Bertz CT molecular complexity index is 673. The van der Waals surface area contributed by atoms with E-state index in [1.807, 2.05) is 30.3 Å². The zero-order valence-electron chi connectivity index (χ0n) is 10.7. The highest BCUT2D eigenvalue weighted by Gasteiger charge is 2.31. The van der Waals surface area contributed by atoms with Crippen molar-refractivity contribution in [2.75, 3.05) is 17.3 Å². The molecule has 1 amide bonds. The molecule has 1 aliphatic rings. The van der Waals surface area contributed by atoms with Crippen molar-refractivity contribution in [3.8, 4) is 0 Å². The van der Waals surface area contributed by atoms with E-state index >= 15 is 0 Å². The van der Waals surface area contributed by atoms with E-state index < -0.39 is 6.04 Å². The molecule has 1 heterocycles. The van der Waals surface area contributed by atoms with Crippen molar-refractivity contribution in [1.82, 2.24) is 0 Å². The Kier molecular flexibility index (Phi) is 3.32. The number of amides is 1. The van der Waals surface area contributed by atoms with Gasteiger partial charge in [0.15, 0.2) is 0 Å². The van der Waals surface area contributed by atoms with Gasteiger partial charge in [0, 0.05) is 7.05 Å². The highest BCUT2D eigenvalue weighted by molar-refractivity contribution is 6.42. The summed E-state index contributed by atoms with van der Waals surface area (Å²) in [6, 6.07) is 12.6. The van der Waals surface area contributed by atoms with Gasteiger partial charge in [-0.05, 0) is 17.7 Å². The van der Waals surface area contributed by atoms with E-state index in [1.54, 1.807) is 24.1 Å². The van der Waals surface area contributed by atoms with Gasteiger partial charge >= 0.3 is 0 Å². The summed E-state index contributed by atoms with van der Waals surface area (Å²) in [6.45, 7) is 0. The fraction of sp³-hybridized carbons (Fsp3) is 0.133. The number of hydrogen-bond donors (Lipinski definition) is 1. The number of fused-ring (bicyclic) bond motifs is 1. The zero-order chi connectivity index (χ0) is 14.3. The van der Waals surface area contributed by atoms with Crippen LogP contribution >= 0.6 is 23.2 Å². The summed E-state index contributed by atoms with van der Waals surface area (Å²) in [5.74, 6) is -0.0258. The average Bonchev–Trinajstić information content (AvgIpc) is 2.46. The van der Waals surface area contributed by atoms with Gasteiger partial charge in [-0.3, -0.25) is 4.79 Å². The maximum atomic E-state index is 12.5. The summed E-state index contributed by atoms with van der Waals surface area (Å²) < 4.78 is 0. The predicted molar refractivity (Wildman–Crippen MR) is 82.7 cm³/mol. The highest BCUT2D eigenvalue weighted by Crippen LogP contribution is 2.40. The normalized spacial score (nSPS) is 17.6. The lowest BCUT2D eigenvalue weighted by Crippen LogP contribution is -2.39. The van der Waals surface area contributed by atoms with Crippen molar-refractivity contribution in [1.29, 1.82) is 0 Å². The second-order valence-electron chi connectivity index (χ2n) is 4.67. The molecule has 1 N–H and O–H groups in total. The smallest absolute Gasteiger partial charge is 0.253 e. The Morgan fingerprint density at radius 3 is 2.45 bits per heavy atom. The summed E-state index contributed by atoms with van der Waals surface area (Å²) in [5.41, 5.74) is 2.45. The number of anilines is 2. The van der Waals surface area contributed by atoms with Gasteiger partial charge in [-0.1, -0.05) is 53.5 Å². The van der Waals surface area contributed by atoms with E-state index in [0.29, 0.717) is 10.0 Å². The maximum absolute atomic E-state index is 12.5. The van der Waals surface area contributed by atoms with E-state index in [0.717, 1.165) is 16.9 Å². The minimum absolute atomic E-state index is 0.0258. The molecule has 5 heteroatoms. The number of hydrogen-bond acceptors (Lipinski definition) is 2. The SMILES string of the molecule is CN1C(=O)[C@H](c2ccccc2)Nc2cc(Cl)c(Cl)cc21. The second-order valence-corrected chi connectivity index (χ2v) is 5.48. The first-order valence-electron chi connectivity index (χ1n) is 6.16. The van der Waals surface area contributed by atoms with Crippen LogP contribution in [0.1, 0.15) is 11.6 Å². The van der Waals surface area contributed by atoms with Crippen LogP contribution in [0.4, 0.5) is 11.4 Å². The average molecular weight is 307 g/mol. The van der Waals surface area contributed by atoms with Gasteiger partial charge in [0.2, 0.25) is 0 Å². The van der Waals surface area contributed by atoms with E-state index in [9.17, 15) is 4.79 Å². The molecule has 0 saturated heterocycles. The Morgan fingerprint density at radius 2 is 1.75 bits per heavy atom. The van der Waals surface area contributed by atoms with Crippen molar-refractivity contribution < 1.29 is 4.79 Å². The summed E-state index contributed by atoms with van der Waals surface area (Å²) in [4.78, 5) is 14.1. The van der Waals surface area contributed by atoms with Crippen LogP contribution in [0.5, 0.6) is 0 Å². The lowest BCUT2D eigenvalue weighted by molar-refractivity contribution is -0.119. The largest absolute Gasteiger partial charge is 0.368 e. The van der Waals surface area contributed by atoms with E-state index in [1.165, 1.54) is 0 Å². The third-order valence-corrected chi connectivity index (χ3v) is 4.13. The molecule has 3 rings (SSSR count). The molecule has 0 spiro atoms. The lowest BCUT2D eigenvalue weighted by Gasteiger charge is -2.33. The molecule has 20 heavy (non-hydrogen) atoms. The van der Waals surface area contributed by atoms with Crippen LogP contribution in [-0.2, 0) is 4.79 Å². The molecule has 3 nitrogen and oxygen atoms in total. The Labute approximate surface area is 127 Å². The Morgan fingerprint density at radius 1 is 1.10 bits per heavy atom. The van der Waals surface area contributed by atoms with Gasteiger partial charge in [-0.2, -0.15) is 0 Å². The number of rotatable bonds is 1. The van der Waals surface area contributed by atoms with Crippen LogP contribution in [0, 0.1) is 0 Å². The van der Waals surface area contributed by atoms with Crippen LogP contribution in [0.25, 0.3) is 0 Å². The number of nitrogens with zero attached hydrogens (tertiary/aromatic N) is 1. The summed E-state index contributed by atoms with van der Waals surface area (Å²) >= 11 is 12.1. The van der Waals surface area contributed by atoms with Crippen LogP contribution in [-0.4, -0.2) is 13.0 Å². The third-order valence-electron chi connectivity index (χ3n) is 3.41. The number of carbonyl (C=O) groups is 1. The van der Waals surface area contributed by atoms with Crippen molar-refractivity contribution >= 4 is 40.5 Å². The summed E-state index contributed by atoms with van der Waals surface area (Å²) in [6.07, 6.45) is 0. The summed E-state index contributed by atoms with van der Waals surface area (Å²) in [5, 5.41) is 4.13. The molecule has 0 radical (unpaired) electrons. The van der Waals surface area contributed by atoms with Gasteiger partial charge in [-0.15, -0.1) is 0 Å². The molecular formula is C15H12Cl2N2O. The molecule has 0 fully saturated rings. The van der Waals surface area contributed by atoms with Gasteiger partial charge in [-0.25, -0.2) is 0 Å². The van der Waals surface area contributed by atoms with Crippen molar-refractivity contribution in [2.24, 2.45) is 0 Å². The Hall–Kier alpha value is -1.71. The van der Waals surface area contributed by atoms with Gasteiger partial charge in [0.25, 0.3) is 5.91 Å². The number of halogens is 2. The first-order valence-corrected chi connectivity index (χ1v) is 6.91. The van der Waals surface area contributed by atoms with Gasteiger partial charge in [0.1, 0.15) is 6.04 Å². The van der Waals surface area contributed by atoms with Crippen molar-refractivity contribution in [3.63, 3.8) is 0 Å². The van der Waals surface area contributed by atoms with E-state index in [-0.39, 0.29) is 5.91 Å². The Balaban J connectivity index is 2.07. The second kappa shape index (κ2) is 5.00. The van der Waals surface area contributed by atoms with E-state index in [2.05, 4.69) is 5.32 Å². The number of nitrogens with one attached hydrogen (secondary N) is 1. The number of likely N-dealkylation sites (N-methyl/N-ethyl adjacent to an activating group) is 1. The molecule has 2 aromatic rings. The lowest BCUT2D eigenvalue weighted by atomic mass is 10.0. The maximum Gasteiger partial charge on any atom is 0.253 e. The highest BCUT2D eigenvalue weighted by atomic mass is 35.5. The zero-order valence-corrected chi connectivity index (χ0v) is 12.2. The topological polar surface area (TPSA) is 32.3 Å². The predicted octanol–water partition coefficient (Wildman–Crippen LogP) is 4.12. The van der Waals surface area contributed by atoms with Crippen LogP contribution in [0.3, 0.4) is 0 Å². The number of carbonyl (C=O) groups excluding carboxylic acids is 1. The molecule has 0 unspecified atom stereocenters. The van der Waals surface area contributed by atoms with Gasteiger partial charge < -0.3 is 10.2 Å². The molecule has 0 aromatic heterocycles. The van der Waals surface area contributed by atoms with Gasteiger partial charge in [0.05, 0.1) is 21.4 Å². The molecular weight excluding hydrogens is 295 g/mol. The quantitative estimate of drug-likeness (QED) is 0.859. The monoisotopic (exact) mass is 306 g/mol. The molecule has 1 aliphatic heterocycles. The van der Waals surface area contributed by atoms with Crippen LogP contribution in [0.15, 0.2) is 42.5 Å². The molecule has 0 aliphatic carbocycles. The molecule has 1 atom stereocenters. The molecule has 2 aromatic carbocycles. The fourth-order valence-corrected chi connectivity index (χ4v) is 2.65. The van der Waals surface area contributed by atoms with E-state index in [4.69, 9.17) is 23.2 Å².